The maximum Gasteiger partial charge on any atom is 0.405 e. The molecule has 4 amide bonds. The smallest absolute Gasteiger partial charge is 0.343 e. The second kappa shape index (κ2) is 11.6. The minimum atomic E-state index is -4.50. The number of nitrogens with one attached hydrogen (secondary N) is 4. The highest BCUT2D eigenvalue weighted by Gasteiger charge is 2.28. The molecule has 172 valence electrons. The van der Waals surface area contributed by atoms with E-state index >= 15 is 0 Å². The van der Waals surface area contributed by atoms with E-state index in [9.17, 15) is 27.6 Å². The Labute approximate surface area is 179 Å². The van der Waals surface area contributed by atoms with Crippen molar-refractivity contribution in [1.29, 1.82) is 0 Å². The molecule has 1 aromatic rings. The van der Waals surface area contributed by atoms with Gasteiger partial charge in [0.25, 0.3) is 5.91 Å². The van der Waals surface area contributed by atoms with Crippen LogP contribution in [0.15, 0.2) is 18.2 Å². The van der Waals surface area contributed by atoms with Crippen LogP contribution < -0.4 is 21.3 Å². The van der Waals surface area contributed by atoms with E-state index in [0.717, 1.165) is 25.7 Å². The fraction of sp³-hybridized carbons (Fsp3) is 0.571. The third-order valence-corrected chi connectivity index (χ3v) is 5.03. The van der Waals surface area contributed by atoms with Gasteiger partial charge in [0.15, 0.2) is 0 Å². The Kier molecular flexibility index (Phi) is 9.14. The Hall–Kier alpha value is -2.78. The maximum absolute atomic E-state index is 12.3. The van der Waals surface area contributed by atoms with Crippen LogP contribution >= 0.6 is 0 Å². The van der Waals surface area contributed by atoms with Crippen LogP contribution in [0.5, 0.6) is 0 Å². The highest BCUT2D eigenvalue weighted by Crippen LogP contribution is 2.19. The molecule has 31 heavy (non-hydrogen) atoms. The zero-order valence-corrected chi connectivity index (χ0v) is 17.5. The van der Waals surface area contributed by atoms with Gasteiger partial charge in [-0.25, -0.2) is 4.79 Å². The van der Waals surface area contributed by atoms with Crippen LogP contribution in [-0.4, -0.2) is 43.2 Å². The van der Waals surface area contributed by atoms with Crippen molar-refractivity contribution >= 4 is 23.5 Å². The first-order valence-electron chi connectivity index (χ1n) is 10.4. The number of aryl methyl sites for hydroxylation is 1. The molecule has 0 heterocycles. The lowest BCUT2D eigenvalue weighted by molar-refractivity contribution is -0.123. The minimum Gasteiger partial charge on any atom is -0.343 e. The lowest BCUT2D eigenvalue weighted by atomic mass is 9.96. The number of amides is 4. The normalized spacial score (nSPS) is 14.6. The van der Waals surface area contributed by atoms with Gasteiger partial charge in [0, 0.05) is 30.3 Å². The van der Waals surface area contributed by atoms with Crippen molar-refractivity contribution < 1.29 is 27.6 Å². The molecule has 4 N–H and O–H groups in total. The molecule has 1 aromatic carbocycles. The Morgan fingerprint density at radius 2 is 1.77 bits per heavy atom. The summed E-state index contributed by atoms with van der Waals surface area (Å²) in [6.07, 6.45) is 1.49. The zero-order chi connectivity index (χ0) is 22.9. The third kappa shape index (κ3) is 9.27. The summed E-state index contributed by atoms with van der Waals surface area (Å²) in [5.41, 5.74) is 1.05. The van der Waals surface area contributed by atoms with E-state index in [1.54, 1.807) is 18.3 Å². The lowest BCUT2D eigenvalue weighted by Crippen LogP contribution is -2.43. The van der Waals surface area contributed by atoms with Gasteiger partial charge in [0.1, 0.15) is 6.54 Å². The van der Waals surface area contributed by atoms with Gasteiger partial charge >= 0.3 is 12.2 Å². The quantitative estimate of drug-likeness (QED) is 0.463. The van der Waals surface area contributed by atoms with Crippen LogP contribution in [0, 0.1) is 6.92 Å². The predicted molar refractivity (Wildman–Crippen MR) is 111 cm³/mol. The first kappa shape index (κ1) is 24.5. The first-order valence-corrected chi connectivity index (χ1v) is 10.4. The van der Waals surface area contributed by atoms with Gasteiger partial charge in [0.2, 0.25) is 5.91 Å². The van der Waals surface area contributed by atoms with Crippen molar-refractivity contribution in [2.75, 3.05) is 18.4 Å². The molecule has 1 saturated carbocycles. The second-order valence-corrected chi connectivity index (χ2v) is 7.71. The Morgan fingerprint density at radius 1 is 1.06 bits per heavy atom. The molecular weight excluding hydrogens is 413 g/mol. The van der Waals surface area contributed by atoms with Gasteiger partial charge in [-0.2, -0.15) is 13.2 Å². The fourth-order valence-electron chi connectivity index (χ4n) is 3.33. The van der Waals surface area contributed by atoms with Crippen molar-refractivity contribution in [3.63, 3.8) is 0 Å². The molecule has 1 aliphatic rings. The minimum absolute atomic E-state index is 0.0196. The molecule has 0 saturated heterocycles. The van der Waals surface area contributed by atoms with E-state index < -0.39 is 18.6 Å². The number of halogens is 3. The number of hydrogen-bond acceptors (Lipinski definition) is 3. The molecule has 10 heteroatoms. The highest BCUT2D eigenvalue weighted by molar-refractivity contribution is 5.97. The van der Waals surface area contributed by atoms with E-state index in [1.807, 2.05) is 0 Å². The molecule has 1 aliphatic carbocycles. The van der Waals surface area contributed by atoms with Crippen LogP contribution in [0.1, 0.15) is 60.9 Å². The SMILES string of the molecule is Cc1ccc(C(=O)NCC(F)(F)F)cc1NC(=O)CCCNC(=O)NC1CCCCC1. The van der Waals surface area contributed by atoms with Gasteiger partial charge in [0.05, 0.1) is 0 Å². The molecule has 0 unspecified atom stereocenters. The Morgan fingerprint density at radius 3 is 2.45 bits per heavy atom. The van der Waals surface area contributed by atoms with Crippen LogP contribution in [0.25, 0.3) is 0 Å². The van der Waals surface area contributed by atoms with Crippen LogP contribution in [0.2, 0.25) is 0 Å². The number of rotatable bonds is 8. The zero-order valence-electron chi connectivity index (χ0n) is 17.5. The summed E-state index contributed by atoms with van der Waals surface area (Å²) in [7, 11) is 0. The highest BCUT2D eigenvalue weighted by atomic mass is 19.4. The molecule has 0 spiro atoms. The summed E-state index contributed by atoms with van der Waals surface area (Å²) in [5, 5.41) is 10.1. The standard InChI is InChI=1S/C21H29F3N4O3/c1-14-9-10-15(19(30)26-13-21(22,23)24)12-17(14)28-18(29)8-5-11-25-20(31)27-16-6-3-2-4-7-16/h9-10,12,16H,2-8,11,13H2,1H3,(H,26,30)(H,28,29)(H2,25,27,31). The van der Waals surface area contributed by atoms with Crippen molar-refractivity contribution in [1.82, 2.24) is 16.0 Å². The average molecular weight is 442 g/mol. The van der Waals surface area contributed by atoms with Crippen LogP contribution in [-0.2, 0) is 4.79 Å². The Balaban J connectivity index is 1.74. The predicted octanol–water partition coefficient (Wildman–Crippen LogP) is 3.64. The van der Waals surface area contributed by atoms with Gasteiger partial charge in [-0.3, -0.25) is 9.59 Å². The topological polar surface area (TPSA) is 99.3 Å². The van der Waals surface area contributed by atoms with Crippen molar-refractivity contribution in [3.05, 3.63) is 29.3 Å². The molecule has 7 nitrogen and oxygen atoms in total. The third-order valence-electron chi connectivity index (χ3n) is 5.03. The maximum atomic E-state index is 12.3. The molecular formula is C21H29F3N4O3. The summed E-state index contributed by atoms with van der Waals surface area (Å²) < 4.78 is 36.8. The molecule has 0 aromatic heterocycles. The van der Waals surface area contributed by atoms with E-state index in [4.69, 9.17) is 0 Å². The molecule has 2 rings (SSSR count). The molecule has 0 atom stereocenters. The fourth-order valence-corrected chi connectivity index (χ4v) is 3.33. The van der Waals surface area contributed by atoms with Gasteiger partial charge in [-0.1, -0.05) is 25.3 Å². The number of carbonyl (C=O) groups is 3. The van der Waals surface area contributed by atoms with Gasteiger partial charge < -0.3 is 21.3 Å². The van der Waals surface area contributed by atoms with Crippen LogP contribution in [0.4, 0.5) is 23.7 Å². The monoisotopic (exact) mass is 442 g/mol. The summed E-state index contributed by atoms with van der Waals surface area (Å²) >= 11 is 0. The summed E-state index contributed by atoms with van der Waals surface area (Å²) in [4.78, 5) is 35.9. The van der Waals surface area contributed by atoms with E-state index in [2.05, 4.69) is 16.0 Å². The lowest BCUT2D eigenvalue weighted by Gasteiger charge is -2.22. The number of carbonyl (C=O) groups excluding carboxylic acids is 3. The van der Waals surface area contributed by atoms with Crippen molar-refractivity contribution in [2.45, 2.75) is 64.1 Å². The Bertz CT molecular complexity index is 778. The number of hydrogen-bond donors (Lipinski definition) is 4. The molecule has 1 fully saturated rings. The van der Waals surface area contributed by atoms with E-state index in [-0.39, 0.29) is 30.0 Å². The van der Waals surface area contributed by atoms with Crippen LogP contribution in [0.3, 0.4) is 0 Å². The van der Waals surface area contributed by atoms with Gasteiger partial charge in [-0.15, -0.1) is 0 Å². The number of anilines is 1. The molecule has 0 radical (unpaired) electrons. The second-order valence-electron chi connectivity index (χ2n) is 7.71. The van der Waals surface area contributed by atoms with Crippen molar-refractivity contribution in [3.8, 4) is 0 Å². The summed E-state index contributed by atoms with van der Waals surface area (Å²) in [5.74, 6) is -1.19. The molecule has 0 bridgehead atoms. The van der Waals surface area contributed by atoms with E-state index in [1.165, 1.54) is 18.6 Å². The summed E-state index contributed by atoms with van der Waals surface area (Å²) in [6.45, 7) is 0.623. The first-order chi connectivity index (χ1) is 14.6. The number of alkyl halides is 3. The van der Waals surface area contributed by atoms with Gasteiger partial charge in [-0.05, 0) is 43.9 Å². The van der Waals surface area contributed by atoms with E-state index in [0.29, 0.717) is 24.2 Å². The number of benzene rings is 1. The van der Waals surface area contributed by atoms with Crippen molar-refractivity contribution in [2.24, 2.45) is 0 Å². The number of urea groups is 1. The average Bonchev–Trinajstić information content (AvgIpc) is 2.71. The molecule has 0 aliphatic heterocycles. The summed E-state index contributed by atoms with van der Waals surface area (Å²) in [6, 6.07) is 4.26. The largest absolute Gasteiger partial charge is 0.405 e.